The number of nitrogens with zero attached hydrogens (tertiary/aromatic N) is 2. The summed E-state index contributed by atoms with van der Waals surface area (Å²) in [4.78, 5) is 1.70. The first-order valence-electron chi connectivity index (χ1n) is 5.34. The molecule has 0 aliphatic rings. The van der Waals surface area contributed by atoms with Gasteiger partial charge in [-0.3, -0.25) is 4.90 Å². The third-order valence-electron chi connectivity index (χ3n) is 2.19. The summed E-state index contributed by atoms with van der Waals surface area (Å²) in [7, 11) is 1.75. The first-order chi connectivity index (χ1) is 8.52. The molecule has 0 fully saturated rings. The lowest BCUT2D eigenvalue weighted by molar-refractivity contribution is 0.0799. The normalized spacial score (nSPS) is 12.2. The van der Waals surface area contributed by atoms with Crippen molar-refractivity contribution < 1.29 is 9.84 Å². The van der Waals surface area contributed by atoms with Crippen molar-refractivity contribution >= 4 is 23.2 Å². The predicted octanol–water partition coefficient (Wildman–Crippen LogP) is 2.19. The molecule has 6 heteroatoms. The molecule has 98 valence electrons. The maximum absolute atomic E-state index is 9.72. The highest BCUT2D eigenvalue weighted by Crippen LogP contribution is 2.27. The Bertz CT molecular complexity index is 435. The maximum atomic E-state index is 9.72. The van der Waals surface area contributed by atoms with Gasteiger partial charge in [0.1, 0.15) is 18.5 Å². The molecule has 1 N–H and O–H groups in total. The van der Waals surface area contributed by atoms with Crippen molar-refractivity contribution in [2.24, 2.45) is 0 Å². The number of nitriles is 1. The number of halogens is 2. The lowest BCUT2D eigenvalue weighted by Crippen LogP contribution is -2.33. The minimum absolute atomic E-state index is 0.0931. The van der Waals surface area contributed by atoms with E-state index in [0.29, 0.717) is 22.3 Å². The molecule has 0 radical (unpaired) electrons. The van der Waals surface area contributed by atoms with E-state index in [2.05, 4.69) is 0 Å². The van der Waals surface area contributed by atoms with Gasteiger partial charge in [0.05, 0.1) is 17.6 Å². The first-order valence-corrected chi connectivity index (χ1v) is 6.10. The van der Waals surface area contributed by atoms with Gasteiger partial charge >= 0.3 is 0 Å². The average molecular weight is 289 g/mol. The summed E-state index contributed by atoms with van der Waals surface area (Å²) < 4.78 is 5.38. The molecule has 18 heavy (non-hydrogen) atoms. The van der Waals surface area contributed by atoms with Crippen LogP contribution in [0.5, 0.6) is 5.75 Å². The molecule has 0 aliphatic heterocycles. The SMILES string of the molecule is CN(CC#N)CC(O)COc1cc(Cl)ccc1Cl. The van der Waals surface area contributed by atoms with E-state index in [9.17, 15) is 5.11 Å². The number of hydrogen-bond donors (Lipinski definition) is 1. The van der Waals surface area contributed by atoms with Gasteiger partial charge in [-0.2, -0.15) is 5.26 Å². The van der Waals surface area contributed by atoms with Crippen molar-refractivity contribution in [3.63, 3.8) is 0 Å². The van der Waals surface area contributed by atoms with E-state index >= 15 is 0 Å². The predicted molar refractivity (Wildman–Crippen MR) is 71.1 cm³/mol. The zero-order valence-electron chi connectivity index (χ0n) is 9.94. The first kappa shape index (κ1) is 15.1. The van der Waals surface area contributed by atoms with Crippen molar-refractivity contribution in [1.29, 1.82) is 5.26 Å². The number of hydrogen-bond acceptors (Lipinski definition) is 4. The van der Waals surface area contributed by atoms with Crippen LogP contribution in [0.2, 0.25) is 10.0 Å². The van der Waals surface area contributed by atoms with Crippen LogP contribution in [0, 0.1) is 11.3 Å². The van der Waals surface area contributed by atoms with Crippen molar-refractivity contribution in [2.75, 3.05) is 26.7 Å². The Balaban J connectivity index is 2.45. The average Bonchev–Trinajstić information content (AvgIpc) is 2.30. The topological polar surface area (TPSA) is 56.5 Å². The van der Waals surface area contributed by atoms with E-state index in [-0.39, 0.29) is 13.2 Å². The van der Waals surface area contributed by atoms with E-state index in [0.717, 1.165) is 0 Å². The summed E-state index contributed by atoms with van der Waals surface area (Å²) in [5.41, 5.74) is 0. The van der Waals surface area contributed by atoms with Crippen LogP contribution in [-0.4, -0.2) is 42.9 Å². The molecule has 0 bridgehead atoms. The van der Waals surface area contributed by atoms with Gasteiger partial charge in [0, 0.05) is 17.6 Å². The smallest absolute Gasteiger partial charge is 0.139 e. The lowest BCUT2D eigenvalue weighted by Gasteiger charge is -2.18. The quantitative estimate of drug-likeness (QED) is 0.816. The number of benzene rings is 1. The van der Waals surface area contributed by atoms with Crippen LogP contribution in [0.3, 0.4) is 0 Å². The molecule has 0 spiro atoms. The molecule has 1 aromatic rings. The van der Waals surface area contributed by atoms with Crippen molar-refractivity contribution in [1.82, 2.24) is 4.90 Å². The molecule has 1 unspecified atom stereocenters. The highest BCUT2D eigenvalue weighted by molar-refractivity contribution is 6.34. The van der Waals surface area contributed by atoms with Crippen LogP contribution in [-0.2, 0) is 0 Å². The van der Waals surface area contributed by atoms with Gasteiger partial charge in [-0.25, -0.2) is 0 Å². The van der Waals surface area contributed by atoms with Gasteiger partial charge in [-0.15, -0.1) is 0 Å². The molecular formula is C12H14Cl2N2O2. The van der Waals surface area contributed by atoms with Crippen LogP contribution in [0.15, 0.2) is 18.2 Å². The number of ether oxygens (including phenoxy) is 1. The third kappa shape index (κ3) is 5.11. The molecule has 0 saturated heterocycles. The summed E-state index contributed by atoms with van der Waals surface area (Å²) in [6.07, 6.45) is -0.696. The van der Waals surface area contributed by atoms with Crippen LogP contribution in [0.4, 0.5) is 0 Å². The fourth-order valence-corrected chi connectivity index (χ4v) is 1.71. The Labute approximate surface area is 116 Å². The second kappa shape index (κ2) is 7.45. The van der Waals surface area contributed by atoms with E-state index in [1.807, 2.05) is 6.07 Å². The van der Waals surface area contributed by atoms with Crippen LogP contribution in [0.25, 0.3) is 0 Å². The third-order valence-corrected chi connectivity index (χ3v) is 2.73. The zero-order valence-corrected chi connectivity index (χ0v) is 11.4. The summed E-state index contributed by atoms with van der Waals surface area (Å²) in [5.74, 6) is 0.436. The molecular weight excluding hydrogens is 275 g/mol. The van der Waals surface area contributed by atoms with Crippen LogP contribution >= 0.6 is 23.2 Å². The summed E-state index contributed by atoms with van der Waals surface area (Å²) in [6, 6.07) is 6.88. The Hall–Kier alpha value is -0.990. The zero-order chi connectivity index (χ0) is 13.5. The van der Waals surface area contributed by atoms with Gasteiger partial charge in [-0.1, -0.05) is 23.2 Å². The van der Waals surface area contributed by atoms with Gasteiger partial charge < -0.3 is 9.84 Å². The molecule has 0 aliphatic carbocycles. The van der Waals surface area contributed by atoms with Crippen molar-refractivity contribution in [2.45, 2.75) is 6.10 Å². The summed E-state index contributed by atoms with van der Waals surface area (Å²) in [5, 5.41) is 19.2. The second-order valence-corrected chi connectivity index (χ2v) is 4.74. The second-order valence-electron chi connectivity index (χ2n) is 3.89. The standard InChI is InChI=1S/C12H14Cl2N2O2/c1-16(5-4-15)7-10(17)8-18-12-6-9(13)2-3-11(12)14/h2-3,6,10,17H,5,7-8H2,1H3. The Kier molecular flexibility index (Phi) is 6.23. The number of aliphatic hydroxyl groups excluding tert-OH is 1. The minimum atomic E-state index is -0.696. The molecule has 4 nitrogen and oxygen atoms in total. The highest BCUT2D eigenvalue weighted by Gasteiger charge is 2.10. The monoisotopic (exact) mass is 288 g/mol. The number of aliphatic hydroxyl groups is 1. The van der Waals surface area contributed by atoms with Gasteiger partial charge in [0.2, 0.25) is 0 Å². The summed E-state index contributed by atoms with van der Waals surface area (Å²) >= 11 is 11.7. The van der Waals surface area contributed by atoms with Crippen molar-refractivity contribution in [3.8, 4) is 11.8 Å². The molecule has 0 saturated carbocycles. The number of likely N-dealkylation sites (N-methyl/N-ethyl adjacent to an activating group) is 1. The van der Waals surface area contributed by atoms with Gasteiger partial charge in [-0.05, 0) is 19.2 Å². The van der Waals surface area contributed by atoms with Crippen molar-refractivity contribution in [3.05, 3.63) is 28.2 Å². The molecule has 1 aromatic carbocycles. The minimum Gasteiger partial charge on any atom is -0.489 e. The molecule has 1 atom stereocenters. The largest absolute Gasteiger partial charge is 0.489 e. The van der Waals surface area contributed by atoms with E-state index in [4.69, 9.17) is 33.2 Å². The van der Waals surface area contributed by atoms with E-state index in [1.54, 1.807) is 30.1 Å². The van der Waals surface area contributed by atoms with E-state index < -0.39 is 6.10 Å². The van der Waals surface area contributed by atoms with Gasteiger partial charge in [0.25, 0.3) is 0 Å². The molecule has 0 aromatic heterocycles. The highest BCUT2D eigenvalue weighted by atomic mass is 35.5. The fourth-order valence-electron chi connectivity index (χ4n) is 1.37. The van der Waals surface area contributed by atoms with E-state index in [1.165, 1.54) is 0 Å². The Morgan fingerprint density at radius 2 is 2.22 bits per heavy atom. The Morgan fingerprint density at radius 1 is 1.50 bits per heavy atom. The van der Waals surface area contributed by atoms with Gasteiger partial charge in [0.15, 0.2) is 0 Å². The maximum Gasteiger partial charge on any atom is 0.139 e. The Morgan fingerprint density at radius 3 is 2.89 bits per heavy atom. The molecule has 0 amide bonds. The fraction of sp³-hybridized carbons (Fsp3) is 0.417. The summed E-state index contributed by atoms with van der Waals surface area (Å²) in [6.45, 7) is 0.705. The number of rotatable bonds is 6. The molecule has 0 heterocycles. The van der Waals surface area contributed by atoms with Crippen LogP contribution < -0.4 is 4.74 Å². The lowest BCUT2D eigenvalue weighted by atomic mass is 10.3. The van der Waals surface area contributed by atoms with Crippen LogP contribution in [0.1, 0.15) is 0 Å². The molecule has 1 rings (SSSR count).